The summed E-state index contributed by atoms with van der Waals surface area (Å²) in [5.41, 5.74) is 0. The van der Waals surface area contributed by atoms with Gasteiger partial charge in [-0.3, -0.25) is 9.59 Å². The molecule has 1 heterocycles. The van der Waals surface area contributed by atoms with Gasteiger partial charge in [-0.15, -0.1) is 0 Å². The number of nitrogens with one attached hydrogen (secondary N) is 1. The highest BCUT2D eigenvalue weighted by molar-refractivity contribution is 7.90. The maximum atomic E-state index is 11.2. The van der Waals surface area contributed by atoms with Crippen LogP contribution in [0.4, 0.5) is 0 Å². The van der Waals surface area contributed by atoms with Crippen LogP contribution in [0, 0.1) is 0 Å². The topological polar surface area (TPSA) is 80.3 Å². The van der Waals surface area contributed by atoms with Crippen LogP contribution in [0.3, 0.4) is 0 Å². The molecule has 6 heteroatoms. The average Bonchev–Trinajstić information content (AvgIpc) is 2.05. The molecule has 1 aliphatic rings. The molecule has 0 aliphatic carbocycles. The van der Waals surface area contributed by atoms with Crippen molar-refractivity contribution in [3.05, 3.63) is 0 Å². The highest BCUT2D eigenvalue weighted by Crippen LogP contribution is 2.08. The van der Waals surface area contributed by atoms with Crippen LogP contribution < -0.4 is 5.32 Å². The van der Waals surface area contributed by atoms with Gasteiger partial charge >= 0.3 is 0 Å². The molecule has 0 bridgehead atoms. The summed E-state index contributed by atoms with van der Waals surface area (Å²) in [6.45, 7) is 0. The first-order chi connectivity index (χ1) is 6.38. The average molecular weight is 219 g/mol. The molecule has 0 aromatic carbocycles. The van der Waals surface area contributed by atoms with Crippen molar-refractivity contribution in [2.75, 3.05) is 12.0 Å². The summed E-state index contributed by atoms with van der Waals surface area (Å²) in [7, 11) is -3.07. The second kappa shape index (κ2) is 4.08. The van der Waals surface area contributed by atoms with E-state index in [9.17, 15) is 18.0 Å². The highest BCUT2D eigenvalue weighted by Gasteiger charge is 2.26. The largest absolute Gasteiger partial charge is 0.346 e. The zero-order valence-corrected chi connectivity index (χ0v) is 8.76. The van der Waals surface area contributed by atoms with Gasteiger partial charge in [-0.25, -0.2) is 8.42 Å². The van der Waals surface area contributed by atoms with Crippen molar-refractivity contribution < 1.29 is 18.0 Å². The highest BCUT2D eigenvalue weighted by atomic mass is 32.2. The van der Waals surface area contributed by atoms with Gasteiger partial charge in [0.25, 0.3) is 0 Å². The minimum Gasteiger partial charge on any atom is -0.346 e. The second-order valence-corrected chi connectivity index (χ2v) is 5.76. The smallest absolute Gasteiger partial charge is 0.221 e. The van der Waals surface area contributed by atoms with Gasteiger partial charge in [-0.05, 0) is 6.42 Å². The maximum Gasteiger partial charge on any atom is 0.221 e. The molecule has 1 aliphatic heterocycles. The van der Waals surface area contributed by atoms with E-state index in [2.05, 4.69) is 5.32 Å². The van der Waals surface area contributed by atoms with Crippen LogP contribution in [0.5, 0.6) is 0 Å². The third kappa shape index (κ3) is 3.45. The third-order valence-electron chi connectivity index (χ3n) is 2.10. The first-order valence-corrected chi connectivity index (χ1v) is 6.44. The first-order valence-electron chi connectivity index (χ1n) is 4.38. The van der Waals surface area contributed by atoms with Gasteiger partial charge in [0, 0.05) is 19.1 Å². The van der Waals surface area contributed by atoms with Crippen molar-refractivity contribution in [1.29, 1.82) is 0 Å². The molecular weight excluding hydrogens is 206 g/mol. The van der Waals surface area contributed by atoms with Gasteiger partial charge in [0.2, 0.25) is 5.91 Å². The summed E-state index contributed by atoms with van der Waals surface area (Å²) in [6, 6.07) is -0.606. The SMILES string of the molecule is CS(=O)(=O)CCC1NC(=O)CCC1=O. The molecule has 1 rings (SSSR count). The van der Waals surface area contributed by atoms with Crippen molar-refractivity contribution in [3.8, 4) is 0 Å². The number of Topliss-reactive ketones (excluding diaryl/α,β-unsaturated/α-hetero) is 1. The van der Waals surface area contributed by atoms with Crippen LogP contribution in [0.15, 0.2) is 0 Å². The van der Waals surface area contributed by atoms with E-state index < -0.39 is 15.9 Å². The van der Waals surface area contributed by atoms with E-state index >= 15 is 0 Å². The van der Waals surface area contributed by atoms with Crippen molar-refractivity contribution >= 4 is 21.5 Å². The Kier molecular flexibility index (Phi) is 3.25. The Morgan fingerprint density at radius 3 is 2.57 bits per heavy atom. The fourth-order valence-electron chi connectivity index (χ4n) is 1.32. The Balaban J connectivity index is 2.50. The predicted molar refractivity (Wildman–Crippen MR) is 50.5 cm³/mol. The maximum absolute atomic E-state index is 11.2. The second-order valence-electron chi connectivity index (χ2n) is 3.50. The zero-order chi connectivity index (χ0) is 10.8. The molecule has 0 aromatic rings. The van der Waals surface area contributed by atoms with Gasteiger partial charge in [-0.2, -0.15) is 0 Å². The molecule has 1 unspecified atom stereocenters. The molecular formula is C8H13NO4S. The van der Waals surface area contributed by atoms with Crippen molar-refractivity contribution in [1.82, 2.24) is 5.32 Å². The number of piperidine rings is 1. The van der Waals surface area contributed by atoms with Crippen molar-refractivity contribution in [3.63, 3.8) is 0 Å². The fourth-order valence-corrected chi connectivity index (χ4v) is 1.99. The summed E-state index contributed by atoms with van der Waals surface area (Å²) in [6.07, 6.45) is 1.74. The first kappa shape index (κ1) is 11.2. The molecule has 1 fully saturated rings. The lowest BCUT2D eigenvalue weighted by molar-refractivity contribution is -0.132. The zero-order valence-electron chi connectivity index (χ0n) is 7.95. The normalized spacial score (nSPS) is 23.4. The monoisotopic (exact) mass is 219 g/mol. The molecule has 0 spiro atoms. The molecule has 0 aromatic heterocycles. The predicted octanol–water partition coefficient (Wildman–Crippen LogP) is -0.731. The van der Waals surface area contributed by atoms with E-state index in [0.717, 1.165) is 6.26 Å². The van der Waals surface area contributed by atoms with E-state index in [4.69, 9.17) is 0 Å². The van der Waals surface area contributed by atoms with Gasteiger partial charge in [0.1, 0.15) is 9.84 Å². The molecule has 1 atom stereocenters. The Bertz CT molecular complexity index is 346. The van der Waals surface area contributed by atoms with Crippen LogP contribution in [-0.4, -0.2) is 38.2 Å². The summed E-state index contributed by atoms with van der Waals surface area (Å²) in [5.74, 6) is -0.319. The molecule has 1 N–H and O–H groups in total. The molecule has 1 saturated heterocycles. The number of sulfone groups is 1. The van der Waals surface area contributed by atoms with E-state index in [1.807, 2.05) is 0 Å². The Labute approximate surface area is 82.8 Å². The number of carbonyl (C=O) groups is 2. The van der Waals surface area contributed by atoms with E-state index in [0.29, 0.717) is 0 Å². The standard InChI is InChI=1S/C8H13NO4S/c1-14(12,13)5-4-6-7(10)2-3-8(11)9-6/h6H,2-5H2,1H3,(H,9,11). The Morgan fingerprint density at radius 2 is 2.00 bits per heavy atom. The summed E-state index contributed by atoms with van der Waals surface area (Å²) in [5, 5.41) is 2.49. The van der Waals surface area contributed by atoms with Crippen molar-refractivity contribution in [2.24, 2.45) is 0 Å². The lowest BCUT2D eigenvalue weighted by atomic mass is 10.0. The lowest BCUT2D eigenvalue weighted by Gasteiger charge is -2.21. The molecule has 0 saturated carbocycles. The molecule has 1 amide bonds. The minimum absolute atomic E-state index is 0.0658. The van der Waals surface area contributed by atoms with Gasteiger partial charge in [0.05, 0.1) is 11.8 Å². The molecule has 14 heavy (non-hydrogen) atoms. The van der Waals surface area contributed by atoms with Gasteiger partial charge in [-0.1, -0.05) is 0 Å². The van der Waals surface area contributed by atoms with E-state index in [-0.39, 0.29) is 36.7 Å². The summed E-state index contributed by atoms with van der Waals surface area (Å²) >= 11 is 0. The van der Waals surface area contributed by atoms with Gasteiger partial charge < -0.3 is 5.32 Å². The Hall–Kier alpha value is -0.910. The number of carbonyl (C=O) groups excluding carboxylic acids is 2. The minimum atomic E-state index is -3.07. The molecule has 80 valence electrons. The Morgan fingerprint density at radius 1 is 1.36 bits per heavy atom. The van der Waals surface area contributed by atoms with Crippen LogP contribution in [0.1, 0.15) is 19.3 Å². The molecule has 0 radical (unpaired) electrons. The summed E-state index contributed by atoms with van der Waals surface area (Å²) in [4.78, 5) is 22.2. The molecule has 5 nitrogen and oxygen atoms in total. The summed E-state index contributed by atoms with van der Waals surface area (Å²) < 4.78 is 21.7. The number of hydrogen-bond acceptors (Lipinski definition) is 4. The lowest BCUT2D eigenvalue weighted by Crippen LogP contribution is -2.46. The number of amides is 1. The van der Waals surface area contributed by atoms with Crippen LogP contribution in [0.25, 0.3) is 0 Å². The fraction of sp³-hybridized carbons (Fsp3) is 0.750. The van der Waals surface area contributed by atoms with Gasteiger partial charge in [0.15, 0.2) is 5.78 Å². The van der Waals surface area contributed by atoms with Crippen molar-refractivity contribution in [2.45, 2.75) is 25.3 Å². The number of hydrogen-bond donors (Lipinski definition) is 1. The quantitative estimate of drug-likeness (QED) is 0.678. The number of ketones is 1. The van der Waals surface area contributed by atoms with Crippen LogP contribution >= 0.6 is 0 Å². The van der Waals surface area contributed by atoms with E-state index in [1.54, 1.807) is 0 Å². The number of rotatable bonds is 3. The third-order valence-corrected chi connectivity index (χ3v) is 3.08. The van der Waals surface area contributed by atoms with Crippen LogP contribution in [0.2, 0.25) is 0 Å². The van der Waals surface area contributed by atoms with Crippen LogP contribution in [-0.2, 0) is 19.4 Å². The van der Waals surface area contributed by atoms with E-state index in [1.165, 1.54) is 0 Å².